The van der Waals surface area contributed by atoms with Gasteiger partial charge < -0.3 is 16.2 Å². The Morgan fingerprint density at radius 1 is 1.57 bits per heavy atom. The SMILES string of the molecule is Nc1nc2c(s1)[C@H](c1cc(C#CCO)cs1)CC(=O)NC2. The first-order chi connectivity index (χ1) is 10.2. The van der Waals surface area contributed by atoms with Gasteiger partial charge in [-0.3, -0.25) is 4.79 Å². The summed E-state index contributed by atoms with van der Waals surface area (Å²) in [6.07, 6.45) is 0.391. The van der Waals surface area contributed by atoms with E-state index in [-0.39, 0.29) is 18.4 Å². The fourth-order valence-electron chi connectivity index (χ4n) is 2.29. The molecule has 1 amide bonds. The monoisotopic (exact) mass is 319 g/mol. The molecule has 0 unspecified atom stereocenters. The Morgan fingerprint density at radius 2 is 2.43 bits per heavy atom. The maximum absolute atomic E-state index is 11.9. The predicted octanol–water partition coefficient (Wildman–Crippen LogP) is 1.28. The molecule has 1 atom stereocenters. The molecule has 1 aliphatic rings. The number of carbonyl (C=O) groups excluding carboxylic acids is 1. The number of nitrogens with one attached hydrogen (secondary N) is 1. The van der Waals surface area contributed by atoms with Crippen LogP contribution in [0.15, 0.2) is 11.4 Å². The first kappa shape index (κ1) is 14.1. The van der Waals surface area contributed by atoms with E-state index in [1.54, 1.807) is 11.3 Å². The number of nitrogens with two attached hydrogens (primary N) is 1. The molecule has 21 heavy (non-hydrogen) atoms. The molecular formula is C14H13N3O2S2. The smallest absolute Gasteiger partial charge is 0.221 e. The van der Waals surface area contributed by atoms with Crippen molar-refractivity contribution in [2.45, 2.75) is 18.9 Å². The van der Waals surface area contributed by atoms with Crippen molar-refractivity contribution in [3.63, 3.8) is 0 Å². The number of thiophene rings is 1. The zero-order chi connectivity index (χ0) is 14.8. The molecule has 0 radical (unpaired) electrons. The number of nitrogen functional groups attached to an aromatic ring is 1. The van der Waals surface area contributed by atoms with Crippen LogP contribution >= 0.6 is 22.7 Å². The summed E-state index contributed by atoms with van der Waals surface area (Å²) in [5.74, 6) is 5.50. The third-order valence-electron chi connectivity index (χ3n) is 3.18. The van der Waals surface area contributed by atoms with Gasteiger partial charge in [0.25, 0.3) is 0 Å². The van der Waals surface area contributed by atoms with Crippen LogP contribution in [0.2, 0.25) is 0 Å². The summed E-state index contributed by atoms with van der Waals surface area (Å²) in [7, 11) is 0. The third-order valence-corrected chi connectivity index (χ3v) is 5.26. The number of anilines is 1. The molecule has 0 saturated carbocycles. The van der Waals surface area contributed by atoms with Crippen LogP contribution in [0.25, 0.3) is 0 Å². The van der Waals surface area contributed by atoms with Crippen molar-refractivity contribution in [2.75, 3.05) is 12.3 Å². The predicted molar refractivity (Wildman–Crippen MR) is 83.1 cm³/mol. The van der Waals surface area contributed by atoms with Gasteiger partial charge in [0.05, 0.1) is 12.2 Å². The normalized spacial score (nSPS) is 17.4. The summed E-state index contributed by atoms with van der Waals surface area (Å²) in [5, 5.41) is 14.1. The summed E-state index contributed by atoms with van der Waals surface area (Å²) in [6, 6.07) is 1.97. The average Bonchev–Trinajstić information content (AvgIpc) is 3.04. The second-order valence-corrected chi connectivity index (χ2v) is 6.60. The van der Waals surface area contributed by atoms with Gasteiger partial charge in [-0.05, 0) is 6.07 Å². The topological polar surface area (TPSA) is 88.2 Å². The lowest BCUT2D eigenvalue weighted by atomic mass is 10.0. The maximum atomic E-state index is 11.9. The number of rotatable bonds is 1. The Hall–Kier alpha value is -1.88. The molecular weight excluding hydrogens is 306 g/mol. The van der Waals surface area contributed by atoms with Crippen molar-refractivity contribution in [1.82, 2.24) is 10.3 Å². The molecule has 4 N–H and O–H groups in total. The van der Waals surface area contributed by atoms with E-state index in [4.69, 9.17) is 10.8 Å². The van der Waals surface area contributed by atoms with Gasteiger partial charge in [0.15, 0.2) is 5.13 Å². The van der Waals surface area contributed by atoms with Gasteiger partial charge in [-0.2, -0.15) is 0 Å². The Labute approximate surface area is 129 Å². The van der Waals surface area contributed by atoms with E-state index in [2.05, 4.69) is 22.1 Å². The molecule has 2 aromatic heterocycles. The van der Waals surface area contributed by atoms with Crippen LogP contribution in [0.5, 0.6) is 0 Å². The summed E-state index contributed by atoms with van der Waals surface area (Å²) >= 11 is 3.01. The van der Waals surface area contributed by atoms with Gasteiger partial charge in [0, 0.05) is 33.0 Å². The molecule has 3 heterocycles. The molecule has 1 aliphatic heterocycles. The van der Waals surface area contributed by atoms with E-state index in [1.807, 2.05) is 11.4 Å². The van der Waals surface area contributed by atoms with Crippen LogP contribution in [0.3, 0.4) is 0 Å². The number of fused-ring (bicyclic) bond motifs is 1. The molecule has 0 fully saturated rings. The number of hydrogen-bond acceptors (Lipinski definition) is 6. The van der Waals surface area contributed by atoms with Crippen LogP contribution in [-0.4, -0.2) is 22.6 Å². The van der Waals surface area contributed by atoms with Crippen LogP contribution in [0, 0.1) is 11.8 Å². The largest absolute Gasteiger partial charge is 0.384 e. The number of nitrogens with zero attached hydrogens (tertiary/aromatic N) is 1. The molecule has 2 aromatic rings. The van der Waals surface area contributed by atoms with E-state index in [1.165, 1.54) is 11.3 Å². The molecule has 0 spiro atoms. The summed E-state index contributed by atoms with van der Waals surface area (Å²) in [5.41, 5.74) is 7.51. The third kappa shape index (κ3) is 2.93. The lowest BCUT2D eigenvalue weighted by Gasteiger charge is -2.10. The van der Waals surface area contributed by atoms with E-state index in [0.717, 1.165) is 21.0 Å². The number of aliphatic hydroxyl groups is 1. The van der Waals surface area contributed by atoms with E-state index >= 15 is 0 Å². The molecule has 0 saturated heterocycles. The van der Waals surface area contributed by atoms with Crippen molar-refractivity contribution in [3.8, 4) is 11.8 Å². The van der Waals surface area contributed by atoms with Gasteiger partial charge in [0.1, 0.15) is 6.61 Å². The molecule has 108 valence electrons. The Balaban J connectivity index is 1.99. The molecule has 5 nitrogen and oxygen atoms in total. The van der Waals surface area contributed by atoms with Gasteiger partial charge in [0.2, 0.25) is 5.91 Å². The lowest BCUT2D eigenvalue weighted by Crippen LogP contribution is -2.21. The van der Waals surface area contributed by atoms with Crippen LogP contribution in [-0.2, 0) is 11.3 Å². The summed E-state index contributed by atoms with van der Waals surface area (Å²) < 4.78 is 0. The van der Waals surface area contributed by atoms with Crippen LogP contribution < -0.4 is 11.1 Å². The fourth-order valence-corrected chi connectivity index (χ4v) is 4.28. The fraction of sp³-hybridized carbons (Fsp3) is 0.286. The highest BCUT2D eigenvalue weighted by atomic mass is 32.1. The van der Waals surface area contributed by atoms with Gasteiger partial charge in [-0.1, -0.05) is 11.8 Å². The zero-order valence-corrected chi connectivity index (χ0v) is 12.7. The number of aromatic nitrogens is 1. The van der Waals surface area contributed by atoms with E-state index < -0.39 is 0 Å². The first-order valence-corrected chi connectivity index (χ1v) is 8.07. The highest BCUT2D eigenvalue weighted by Crippen LogP contribution is 2.39. The highest BCUT2D eigenvalue weighted by molar-refractivity contribution is 7.16. The minimum absolute atomic E-state index is 0.0140. The van der Waals surface area contributed by atoms with Crippen LogP contribution in [0.1, 0.15) is 33.4 Å². The molecule has 3 rings (SSSR count). The number of hydrogen-bond donors (Lipinski definition) is 3. The minimum atomic E-state index is -0.160. The van der Waals surface area contributed by atoms with Crippen LogP contribution in [0.4, 0.5) is 5.13 Å². The number of amides is 1. The zero-order valence-electron chi connectivity index (χ0n) is 11.0. The Morgan fingerprint density at radius 3 is 3.24 bits per heavy atom. The number of aliphatic hydroxyl groups excluding tert-OH is 1. The molecule has 0 aromatic carbocycles. The van der Waals surface area contributed by atoms with Gasteiger partial charge >= 0.3 is 0 Å². The molecule has 7 heteroatoms. The van der Waals surface area contributed by atoms with E-state index in [0.29, 0.717) is 18.1 Å². The summed E-state index contributed by atoms with van der Waals surface area (Å²) in [4.78, 5) is 18.3. The molecule has 0 aliphatic carbocycles. The standard InChI is InChI=1S/C14H13N3O2S2/c15-14-17-10-6-16-12(19)5-9(13(10)21-14)11-4-8(7-20-11)2-1-3-18/h4,7,9,18H,3,5-6H2,(H2,15,17)(H,16,19)/t9-/m0/s1. The Bertz CT molecular complexity index is 739. The first-order valence-electron chi connectivity index (χ1n) is 6.37. The van der Waals surface area contributed by atoms with Crippen molar-refractivity contribution >= 4 is 33.7 Å². The quantitative estimate of drug-likeness (QED) is 0.691. The number of carbonyl (C=O) groups is 1. The summed E-state index contributed by atoms with van der Waals surface area (Å²) in [6.45, 7) is 0.271. The van der Waals surface area contributed by atoms with Gasteiger partial charge in [-0.15, -0.1) is 22.7 Å². The average molecular weight is 319 g/mol. The van der Waals surface area contributed by atoms with Crippen molar-refractivity contribution in [3.05, 3.63) is 32.5 Å². The second-order valence-electron chi connectivity index (χ2n) is 4.59. The van der Waals surface area contributed by atoms with Crippen molar-refractivity contribution in [1.29, 1.82) is 0 Å². The Kier molecular flexibility index (Phi) is 3.92. The maximum Gasteiger partial charge on any atom is 0.221 e. The second kappa shape index (κ2) is 5.85. The highest BCUT2D eigenvalue weighted by Gasteiger charge is 2.28. The number of thiazole rings is 1. The van der Waals surface area contributed by atoms with E-state index in [9.17, 15) is 4.79 Å². The van der Waals surface area contributed by atoms with Crippen molar-refractivity contribution in [2.24, 2.45) is 0 Å². The minimum Gasteiger partial charge on any atom is -0.384 e. The molecule has 0 bridgehead atoms. The van der Waals surface area contributed by atoms with Crippen molar-refractivity contribution < 1.29 is 9.90 Å². The van der Waals surface area contributed by atoms with Gasteiger partial charge in [-0.25, -0.2) is 4.98 Å². The lowest BCUT2D eigenvalue weighted by molar-refractivity contribution is -0.121.